The number of aromatic nitrogens is 2. The number of likely N-dealkylation sites (N-methyl/N-ethyl adjacent to an activating group) is 1. The molecule has 0 saturated carbocycles. The zero-order valence-corrected chi connectivity index (χ0v) is 17.7. The van der Waals surface area contributed by atoms with E-state index in [0.717, 1.165) is 39.6 Å². The molecule has 2 N–H and O–H groups in total. The van der Waals surface area contributed by atoms with Gasteiger partial charge in [0, 0.05) is 23.5 Å². The number of halogens is 1. The van der Waals surface area contributed by atoms with E-state index in [9.17, 15) is 4.79 Å². The van der Waals surface area contributed by atoms with Crippen LogP contribution >= 0.6 is 22.9 Å². The van der Waals surface area contributed by atoms with E-state index in [1.165, 1.54) is 11.3 Å². The number of anilines is 2. The van der Waals surface area contributed by atoms with Crippen LogP contribution in [0.4, 0.5) is 11.5 Å². The third kappa shape index (κ3) is 4.88. The molecule has 1 aromatic carbocycles. The average molecular weight is 415 g/mol. The molecule has 3 aromatic rings. The molecular weight excluding hydrogens is 392 g/mol. The average Bonchev–Trinajstić information content (AvgIpc) is 3.10. The van der Waals surface area contributed by atoms with Crippen LogP contribution in [0.15, 0.2) is 36.4 Å². The molecule has 2 aromatic heterocycles. The van der Waals surface area contributed by atoms with Crippen LogP contribution < -0.4 is 10.6 Å². The highest BCUT2D eigenvalue weighted by Crippen LogP contribution is 2.31. The fourth-order valence-electron chi connectivity index (χ4n) is 2.96. The molecule has 0 spiro atoms. The molecule has 0 fully saturated rings. The minimum Gasteiger partial charge on any atom is -0.356 e. The van der Waals surface area contributed by atoms with Crippen molar-refractivity contribution in [1.29, 1.82) is 0 Å². The summed E-state index contributed by atoms with van der Waals surface area (Å²) in [5, 5.41) is 6.22. The Kier molecular flexibility index (Phi) is 6.65. The third-order valence-corrected chi connectivity index (χ3v) is 5.54. The molecule has 0 aliphatic carbocycles. The maximum absolute atomic E-state index is 11.7. The third-order valence-electron chi connectivity index (χ3n) is 4.32. The number of carbonyl (C=O) groups is 1. The molecule has 0 radical (unpaired) electrons. The van der Waals surface area contributed by atoms with Gasteiger partial charge in [-0.2, -0.15) is 0 Å². The zero-order valence-electron chi connectivity index (χ0n) is 16.2. The minimum atomic E-state index is 0.0298. The largest absolute Gasteiger partial charge is 0.356 e. The predicted molar refractivity (Wildman–Crippen MR) is 117 cm³/mol. The monoisotopic (exact) mass is 414 g/mol. The maximum atomic E-state index is 11.7. The number of hydrogen-bond acceptors (Lipinski definition) is 5. The molecule has 0 atom stereocenters. The van der Waals surface area contributed by atoms with Crippen molar-refractivity contribution in [3.63, 3.8) is 0 Å². The summed E-state index contributed by atoms with van der Waals surface area (Å²) in [5.41, 5.74) is 3.92. The number of aryl methyl sites for hydroxylation is 1. The molecule has 7 heteroatoms. The summed E-state index contributed by atoms with van der Waals surface area (Å²) >= 11 is 7.53. The first-order valence-electron chi connectivity index (χ1n) is 9.26. The van der Waals surface area contributed by atoms with Gasteiger partial charge in [0.15, 0.2) is 5.82 Å². The van der Waals surface area contributed by atoms with E-state index in [-0.39, 0.29) is 5.91 Å². The van der Waals surface area contributed by atoms with Crippen LogP contribution in [0.25, 0.3) is 10.7 Å². The lowest BCUT2D eigenvalue weighted by molar-refractivity contribution is -0.120. The molecule has 146 valence electrons. The van der Waals surface area contributed by atoms with Crippen molar-refractivity contribution < 1.29 is 4.79 Å². The van der Waals surface area contributed by atoms with E-state index in [4.69, 9.17) is 16.6 Å². The second-order valence-electron chi connectivity index (χ2n) is 6.37. The zero-order chi connectivity index (χ0) is 20.1. The maximum Gasteiger partial charge on any atom is 0.224 e. The molecule has 28 heavy (non-hydrogen) atoms. The number of carbonyl (C=O) groups excluding carboxylic acids is 1. The number of amides is 1. The lowest BCUT2D eigenvalue weighted by Crippen LogP contribution is -2.24. The highest BCUT2D eigenvalue weighted by Gasteiger charge is 2.13. The van der Waals surface area contributed by atoms with Gasteiger partial charge in [-0.25, -0.2) is 9.97 Å². The van der Waals surface area contributed by atoms with Crippen molar-refractivity contribution in [2.75, 3.05) is 11.9 Å². The van der Waals surface area contributed by atoms with Crippen LogP contribution in [0.1, 0.15) is 30.7 Å². The quantitative estimate of drug-likeness (QED) is 0.561. The van der Waals surface area contributed by atoms with E-state index in [1.807, 2.05) is 50.2 Å². The molecule has 2 heterocycles. The van der Waals surface area contributed by atoms with E-state index in [1.54, 1.807) is 0 Å². The Morgan fingerprint density at radius 2 is 1.86 bits per heavy atom. The lowest BCUT2D eigenvalue weighted by atomic mass is 10.1. The second-order valence-corrected chi connectivity index (χ2v) is 8.08. The standard InChI is InChI=1S/C21H23ClN4OS/c1-4-16-13(3)24-21(17-10-11-18(22)28-17)26-20(16)25-15-8-6-14(7-9-15)12-19(27)23-5-2/h6-11H,4-5,12H2,1-3H3,(H,23,27)(H,24,25,26). The van der Waals surface area contributed by atoms with E-state index in [0.29, 0.717) is 23.1 Å². The van der Waals surface area contributed by atoms with Gasteiger partial charge in [0.05, 0.1) is 15.6 Å². The van der Waals surface area contributed by atoms with Gasteiger partial charge < -0.3 is 10.6 Å². The van der Waals surface area contributed by atoms with Crippen molar-refractivity contribution in [2.45, 2.75) is 33.6 Å². The van der Waals surface area contributed by atoms with E-state index in [2.05, 4.69) is 22.5 Å². The van der Waals surface area contributed by atoms with Crippen LogP contribution in [0.5, 0.6) is 0 Å². The fraction of sp³-hybridized carbons (Fsp3) is 0.286. The van der Waals surface area contributed by atoms with Crippen molar-refractivity contribution in [3.8, 4) is 10.7 Å². The van der Waals surface area contributed by atoms with Crippen molar-refractivity contribution in [2.24, 2.45) is 0 Å². The van der Waals surface area contributed by atoms with E-state index < -0.39 is 0 Å². The van der Waals surface area contributed by atoms with Gasteiger partial charge >= 0.3 is 0 Å². The summed E-state index contributed by atoms with van der Waals surface area (Å²) in [6.07, 6.45) is 1.21. The van der Waals surface area contributed by atoms with E-state index >= 15 is 0 Å². The van der Waals surface area contributed by atoms with Gasteiger partial charge in [0.25, 0.3) is 0 Å². The predicted octanol–water partition coefficient (Wildman–Crippen LogP) is 5.15. The second kappa shape index (κ2) is 9.17. The summed E-state index contributed by atoms with van der Waals surface area (Å²) in [6.45, 7) is 6.65. The number of nitrogens with one attached hydrogen (secondary N) is 2. The first kappa shape index (κ1) is 20.3. The summed E-state index contributed by atoms with van der Waals surface area (Å²) in [5.74, 6) is 1.50. The Balaban J connectivity index is 1.84. The van der Waals surface area contributed by atoms with Crippen LogP contribution in [0.3, 0.4) is 0 Å². The Morgan fingerprint density at radius 1 is 1.11 bits per heavy atom. The number of thiophene rings is 1. The highest BCUT2D eigenvalue weighted by molar-refractivity contribution is 7.19. The van der Waals surface area contributed by atoms with Gasteiger partial charge in [-0.05, 0) is 50.1 Å². The molecule has 0 aliphatic heterocycles. The van der Waals surface area contributed by atoms with Crippen LogP contribution in [0, 0.1) is 6.92 Å². The minimum absolute atomic E-state index is 0.0298. The molecule has 0 saturated heterocycles. The van der Waals surface area contributed by atoms with Gasteiger partial charge in [-0.1, -0.05) is 30.7 Å². The topological polar surface area (TPSA) is 66.9 Å². The number of benzene rings is 1. The van der Waals surface area contributed by atoms with Crippen LogP contribution in [-0.2, 0) is 17.6 Å². The summed E-state index contributed by atoms with van der Waals surface area (Å²) in [6, 6.07) is 11.6. The van der Waals surface area contributed by atoms with Gasteiger partial charge in [-0.15, -0.1) is 11.3 Å². The summed E-state index contributed by atoms with van der Waals surface area (Å²) < 4.78 is 0.716. The molecule has 5 nitrogen and oxygen atoms in total. The van der Waals surface area contributed by atoms with Gasteiger partial charge in [0.1, 0.15) is 5.82 Å². The first-order valence-corrected chi connectivity index (χ1v) is 10.5. The van der Waals surface area contributed by atoms with Crippen molar-refractivity contribution in [3.05, 3.63) is 57.6 Å². The Bertz CT molecular complexity index is 969. The SMILES string of the molecule is CCNC(=O)Cc1ccc(Nc2nc(-c3ccc(Cl)s3)nc(C)c2CC)cc1. The molecule has 1 amide bonds. The lowest BCUT2D eigenvalue weighted by Gasteiger charge is -2.14. The Morgan fingerprint density at radius 3 is 2.46 bits per heavy atom. The molecule has 0 bridgehead atoms. The normalized spacial score (nSPS) is 10.7. The van der Waals surface area contributed by atoms with Gasteiger partial charge in [-0.3, -0.25) is 4.79 Å². The smallest absolute Gasteiger partial charge is 0.224 e. The number of rotatable bonds is 7. The van der Waals surface area contributed by atoms with Crippen LogP contribution in [0.2, 0.25) is 4.34 Å². The fourth-order valence-corrected chi connectivity index (χ4v) is 3.93. The number of nitrogens with zero attached hydrogens (tertiary/aromatic N) is 2. The van der Waals surface area contributed by atoms with Crippen molar-refractivity contribution >= 4 is 40.4 Å². The Hall–Kier alpha value is -2.44. The number of hydrogen-bond donors (Lipinski definition) is 2. The highest BCUT2D eigenvalue weighted by atomic mass is 35.5. The van der Waals surface area contributed by atoms with Gasteiger partial charge in [0.2, 0.25) is 5.91 Å². The first-order chi connectivity index (χ1) is 13.5. The molecule has 3 rings (SSSR count). The molecule has 0 aliphatic rings. The summed E-state index contributed by atoms with van der Waals surface area (Å²) in [7, 11) is 0. The Labute approximate surface area is 174 Å². The molecular formula is C21H23ClN4OS. The summed E-state index contributed by atoms with van der Waals surface area (Å²) in [4.78, 5) is 22.1. The molecule has 0 unspecified atom stereocenters. The van der Waals surface area contributed by atoms with Crippen molar-refractivity contribution in [1.82, 2.24) is 15.3 Å². The van der Waals surface area contributed by atoms with Crippen LogP contribution in [-0.4, -0.2) is 22.4 Å².